The third kappa shape index (κ3) is 6.35. The second-order valence-corrected chi connectivity index (χ2v) is 9.38. The van der Waals surface area contributed by atoms with Crippen LogP contribution in [0.3, 0.4) is 0 Å². The van der Waals surface area contributed by atoms with E-state index in [1.165, 1.54) is 12.1 Å². The van der Waals surface area contributed by atoms with Crippen molar-refractivity contribution in [1.29, 1.82) is 0 Å². The zero-order valence-corrected chi connectivity index (χ0v) is 17.8. The van der Waals surface area contributed by atoms with Gasteiger partial charge in [0.15, 0.2) is 6.10 Å². The van der Waals surface area contributed by atoms with Crippen molar-refractivity contribution in [3.8, 4) is 5.75 Å². The summed E-state index contributed by atoms with van der Waals surface area (Å²) in [7, 11) is -3.62. The van der Waals surface area contributed by atoms with Gasteiger partial charge in [0.2, 0.25) is 10.0 Å². The van der Waals surface area contributed by atoms with E-state index in [1.807, 2.05) is 38.1 Å². The number of nitrogens with one attached hydrogen (secondary N) is 2. The maximum atomic E-state index is 12.5. The van der Waals surface area contributed by atoms with Crippen molar-refractivity contribution in [2.45, 2.75) is 57.6 Å². The molecule has 0 radical (unpaired) electrons. The van der Waals surface area contributed by atoms with Crippen LogP contribution in [0, 0.1) is 6.92 Å². The minimum absolute atomic E-state index is 0.142. The van der Waals surface area contributed by atoms with Crippen LogP contribution < -0.4 is 14.8 Å². The Hall–Kier alpha value is -2.38. The Kier molecular flexibility index (Phi) is 6.85. The summed E-state index contributed by atoms with van der Waals surface area (Å²) in [4.78, 5) is 12.7. The van der Waals surface area contributed by atoms with Crippen LogP contribution in [0.25, 0.3) is 0 Å². The lowest BCUT2D eigenvalue weighted by atomic mass is 10.1. The summed E-state index contributed by atoms with van der Waals surface area (Å²) in [5.41, 5.74) is 0.979. The van der Waals surface area contributed by atoms with Gasteiger partial charge < -0.3 is 10.1 Å². The molecule has 1 amide bonds. The van der Waals surface area contributed by atoms with Crippen LogP contribution in [0.2, 0.25) is 0 Å². The molecule has 0 aliphatic carbocycles. The number of ether oxygens (including phenoxy) is 1. The summed E-state index contributed by atoms with van der Waals surface area (Å²) in [6.07, 6.45) is -0.144. The van der Waals surface area contributed by atoms with Crippen molar-refractivity contribution in [1.82, 2.24) is 4.72 Å². The number of sulfonamides is 1. The molecule has 0 heterocycles. The Morgan fingerprint density at radius 3 is 2.29 bits per heavy atom. The van der Waals surface area contributed by atoms with Crippen molar-refractivity contribution in [3.63, 3.8) is 0 Å². The Balaban J connectivity index is 2.07. The highest BCUT2D eigenvalue weighted by molar-refractivity contribution is 7.89. The van der Waals surface area contributed by atoms with Gasteiger partial charge in [0.1, 0.15) is 5.75 Å². The Morgan fingerprint density at radius 2 is 1.75 bits per heavy atom. The number of anilines is 1. The molecule has 0 fully saturated rings. The van der Waals surface area contributed by atoms with E-state index in [9.17, 15) is 13.2 Å². The van der Waals surface area contributed by atoms with Crippen LogP contribution in [0.4, 0.5) is 5.69 Å². The molecule has 0 aromatic heterocycles. The van der Waals surface area contributed by atoms with Gasteiger partial charge in [-0.25, -0.2) is 13.1 Å². The van der Waals surface area contributed by atoms with Crippen molar-refractivity contribution < 1.29 is 17.9 Å². The predicted molar refractivity (Wildman–Crippen MR) is 111 cm³/mol. The summed E-state index contributed by atoms with van der Waals surface area (Å²) >= 11 is 0. The Morgan fingerprint density at radius 1 is 1.11 bits per heavy atom. The Labute approximate surface area is 167 Å². The summed E-state index contributed by atoms with van der Waals surface area (Å²) in [6.45, 7) is 9.15. The second kappa shape index (κ2) is 8.75. The average molecular weight is 405 g/mol. The van der Waals surface area contributed by atoms with Crippen LogP contribution in [-0.2, 0) is 14.8 Å². The quantitative estimate of drug-likeness (QED) is 0.734. The first-order valence-corrected chi connectivity index (χ1v) is 10.7. The number of hydrogen-bond donors (Lipinski definition) is 2. The molecule has 0 aliphatic rings. The molecule has 7 heteroatoms. The predicted octanol–water partition coefficient (Wildman–Crippen LogP) is 3.87. The first kappa shape index (κ1) is 21.9. The van der Waals surface area contributed by atoms with Crippen molar-refractivity contribution >= 4 is 21.6 Å². The number of aryl methyl sites for hydroxylation is 1. The van der Waals surface area contributed by atoms with E-state index in [4.69, 9.17) is 4.74 Å². The fourth-order valence-electron chi connectivity index (χ4n) is 2.58. The van der Waals surface area contributed by atoms with E-state index < -0.39 is 21.7 Å². The fraction of sp³-hybridized carbons (Fsp3) is 0.381. The number of carbonyl (C=O) groups excluding carboxylic acids is 1. The minimum Gasteiger partial charge on any atom is -0.481 e. The van der Waals surface area contributed by atoms with Crippen LogP contribution in [0.15, 0.2) is 53.4 Å². The molecule has 1 unspecified atom stereocenters. The van der Waals surface area contributed by atoms with E-state index in [0.29, 0.717) is 17.9 Å². The van der Waals surface area contributed by atoms with Gasteiger partial charge >= 0.3 is 0 Å². The van der Waals surface area contributed by atoms with Crippen LogP contribution >= 0.6 is 0 Å². The molecule has 2 rings (SSSR count). The van der Waals surface area contributed by atoms with Gasteiger partial charge in [0, 0.05) is 11.2 Å². The zero-order valence-electron chi connectivity index (χ0n) is 16.9. The number of carbonyl (C=O) groups is 1. The molecular formula is C21H28N2O4S. The maximum Gasteiger partial charge on any atom is 0.265 e. The molecule has 1 atom stereocenters. The molecule has 6 nitrogen and oxygen atoms in total. The molecule has 0 bridgehead atoms. The normalized spacial score (nSPS) is 13.0. The van der Waals surface area contributed by atoms with E-state index in [1.54, 1.807) is 32.9 Å². The standard InChI is InChI=1S/C21H28N2O4S/c1-6-19(27-17-9-7-8-15(2)14-17)20(24)22-16-10-12-18(13-11-16)28(25,26)23-21(3,4)5/h7-14,19,23H,6H2,1-5H3,(H,22,24). The monoisotopic (exact) mass is 404 g/mol. The van der Waals surface area contributed by atoms with Crippen LogP contribution in [0.5, 0.6) is 5.75 Å². The van der Waals surface area contributed by atoms with Gasteiger partial charge in [-0.1, -0.05) is 19.1 Å². The lowest BCUT2D eigenvalue weighted by Crippen LogP contribution is -2.40. The topological polar surface area (TPSA) is 84.5 Å². The number of amides is 1. The van der Waals surface area contributed by atoms with Gasteiger partial charge in [-0.3, -0.25) is 4.79 Å². The fourth-order valence-corrected chi connectivity index (χ4v) is 4.00. The lowest BCUT2D eigenvalue weighted by Gasteiger charge is -2.20. The van der Waals surface area contributed by atoms with Crippen molar-refractivity contribution in [2.75, 3.05) is 5.32 Å². The highest BCUT2D eigenvalue weighted by Gasteiger charge is 2.22. The highest BCUT2D eigenvalue weighted by atomic mass is 32.2. The maximum absolute atomic E-state index is 12.5. The van der Waals surface area contributed by atoms with E-state index in [2.05, 4.69) is 10.0 Å². The number of benzene rings is 2. The number of hydrogen-bond acceptors (Lipinski definition) is 4. The molecule has 0 saturated carbocycles. The molecule has 28 heavy (non-hydrogen) atoms. The zero-order chi connectivity index (χ0) is 20.9. The van der Waals surface area contributed by atoms with E-state index >= 15 is 0 Å². The molecule has 0 saturated heterocycles. The SMILES string of the molecule is CCC(Oc1cccc(C)c1)C(=O)Nc1ccc(S(=O)(=O)NC(C)(C)C)cc1. The first-order chi connectivity index (χ1) is 13.0. The van der Waals surface area contributed by atoms with Gasteiger partial charge in [-0.2, -0.15) is 0 Å². The first-order valence-electron chi connectivity index (χ1n) is 9.18. The lowest BCUT2D eigenvalue weighted by molar-refractivity contribution is -0.122. The van der Waals surface area contributed by atoms with Crippen molar-refractivity contribution in [3.05, 3.63) is 54.1 Å². The third-order valence-electron chi connectivity index (χ3n) is 3.80. The van der Waals surface area contributed by atoms with Gasteiger partial charge in [0.05, 0.1) is 4.90 Å². The van der Waals surface area contributed by atoms with Gasteiger partial charge in [-0.15, -0.1) is 0 Å². The highest BCUT2D eigenvalue weighted by Crippen LogP contribution is 2.19. The minimum atomic E-state index is -3.62. The molecule has 2 N–H and O–H groups in total. The Bertz CT molecular complexity index is 916. The second-order valence-electron chi connectivity index (χ2n) is 7.70. The molecule has 2 aromatic carbocycles. The third-order valence-corrected chi connectivity index (χ3v) is 5.58. The van der Waals surface area contributed by atoms with Gasteiger partial charge in [0.25, 0.3) is 5.91 Å². The van der Waals surface area contributed by atoms with Gasteiger partial charge in [-0.05, 0) is 76.1 Å². The summed E-state index contributed by atoms with van der Waals surface area (Å²) in [5, 5.41) is 2.78. The van der Waals surface area contributed by atoms with Crippen molar-refractivity contribution in [2.24, 2.45) is 0 Å². The molecule has 0 aliphatic heterocycles. The van der Waals surface area contributed by atoms with E-state index in [0.717, 1.165) is 5.56 Å². The van der Waals surface area contributed by atoms with Crippen LogP contribution in [0.1, 0.15) is 39.7 Å². The summed E-state index contributed by atoms with van der Waals surface area (Å²) < 4.78 is 33.1. The molecular weight excluding hydrogens is 376 g/mol. The summed E-state index contributed by atoms with van der Waals surface area (Å²) in [6, 6.07) is 13.6. The summed E-state index contributed by atoms with van der Waals surface area (Å²) in [5.74, 6) is 0.351. The number of rotatable bonds is 7. The van der Waals surface area contributed by atoms with E-state index in [-0.39, 0.29) is 10.8 Å². The molecule has 0 spiro atoms. The van der Waals surface area contributed by atoms with Crippen LogP contribution in [-0.4, -0.2) is 26.0 Å². The smallest absolute Gasteiger partial charge is 0.265 e. The average Bonchev–Trinajstić information content (AvgIpc) is 2.58. The largest absolute Gasteiger partial charge is 0.481 e. The molecule has 152 valence electrons. The molecule has 2 aromatic rings.